The van der Waals surface area contributed by atoms with E-state index in [9.17, 15) is 0 Å². The lowest BCUT2D eigenvalue weighted by atomic mass is 10.3. The van der Waals surface area contributed by atoms with Crippen LogP contribution in [0.5, 0.6) is 0 Å². The molecule has 0 amide bonds. The summed E-state index contributed by atoms with van der Waals surface area (Å²) >= 11 is 3.02. The summed E-state index contributed by atoms with van der Waals surface area (Å²) in [5, 5.41) is 9.23. The Balaban J connectivity index is 1.78. The number of fused-ring (bicyclic) bond motifs is 1. The molecular weight excluding hydrogens is 240 g/mol. The highest BCUT2D eigenvalue weighted by Crippen LogP contribution is 2.22. The smallest absolute Gasteiger partial charge is 0.0946 e. The number of nitrogens with zero attached hydrogens (tertiary/aromatic N) is 3. The van der Waals surface area contributed by atoms with Crippen LogP contribution in [0.3, 0.4) is 0 Å². The lowest BCUT2D eigenvalue weighted by molar-refractivity contribution is 0.999. The Morgan fingerprint density at radius 3 is 3.19 bits per heavy atom. The second-order valence-corrected chi connectivity index (χ2v) is 4.78. The van der Waals surface area contributed by atoms with Crippen LogP contribution < -0.4 is 5.32 Å². The van der Waals surface area contributed by atoms with Crippen molar-refractivity contribution in [2.24, 2.45) is 0 Å². The van der Waals surface area contributed by atoms with Gasteiger partial charge in [0.2, 0.25) is 0 Å². The highest BCUT2D eigenvalue weighted by molar-refractivity contribution is 7.16. The first kappa shape index (κ1) is 9.68. The molecule has 0 unspecified atom stereocenters. The molecule has 16 heavy (non-hydrogen) atoms. The standard InChI is InChI=1S/C10H8N4S2/c1-2-9-10(15-6-12-9)3-7(1)11-4-8-5-16-14-13-8/h1-3,5-6,11H,4H2. The second-order valence-electron chi connectivity index (χ2n) is 3.28. The summed E-state index contributed by atoms with van der Waals surface area (Å²) in [6.45, 7) is 0.709. The van der Waals surface area contributed by atoms with Crippen molar-refractivity contribution in [3.63, 3.8) is 0 Å². The van der Waals surface area contributed by atoms with Crippen molar-refractivity contribution in [2.75, 3.05) is 5.32 Å². The van der Waals surface area contributed by atoms with Crippen LogP contribution in [0.2, 0.25) is 0 Å². The van der Waals surface area contributed by atoms with Crippen LogP contribution in [0.1, 0.15) is 5.69 Å². The molecule has 0 atom stereocenters. The van der Waals surface area contributed by atoms with E-state index in [0.717, 1.165) is 16.9 Å². The van der Waals surface area contributed by atoms with Gasteiger partial charge in [-0.15, -0.1) is 16.4 Å². The number of nitrogens with one attached hydrogen (secondary N) is 1. The number of hydrogen-bond acceptors (Lipinski definition) is 6. The average molecular weight is 248 g/mol. The van der Waals surface area contributed by atoms with Crippen LogP contribution in [0.15, 0.2) is 29.1 Å². The zero-order valence-electron chi connectivity index (χ0n) is 8.25. The van der Waals surface area contributed by atoms with Crippen LogP contribution >= 0.6 is 22.9 Å². The molecule has 1 N–H and O–H groups in total. The Hall–Kier alpha value is -1.53. The normalized spacial score (nSPS) is 10.8. The fourth-order valence-corrected chi connectivity index (χ4v) is 2.59. The van der Waals surface area contributed by atoms with Gasteiger partial charge in [0, 0.05) is 11.1 Å². The zero-order chi connectivity index (χ0) is 10.8. The molecule has 0 fully saturated rings. The van der Waals surface area contributed by atoms with Crippen LogP contribution in [-0.4, -0.2) is 14.6 Å². The molecule has 0 aliphatic rings. The first-order valence-corrected chi connectivity index (χ1v) is 6.46. The number of rotatable bonds is 3. The van der Waals surface area contributed by atoms with Gasteiger partial charge in [-0.05, 0) is 29.7 Å². The van der Waals surface area contributed by atoms with E-state index in [-0.39, 0.29) is 0 Å². The third-order valence-electron chi connectivity index (χ3n) is 2.21. The quantitative estimate of drug-likeness (QED) is 0.774. The second kappa shape index (κ2) is 4.15. The number of thiazole rings is 1. The monoisotopic (exact) mass is 248 g/mol. The minimum atomic E-state index is 0.709. The van der Waals surface area contributed by atoms with Gasteiger partial charge in [-0.3, -0.25) is 0 Å². The third kappa shape index (κ3) is 1.89. The predicted molar refractivity (Wildman–Crippen MR) is 66.9 cm³/mol. The van der Waals surface area contributed by atoms with Crippen molar-refractivity contribution in [3.8, 4) is 0 Å². The van der Waals surface area contributed by atoms with Gasteiger partial charge in [0.1, 0.15) is 0 Å². The van der Waals surface area contributed by atoms with Crippen LogP contribution in [-0.2, 0) is 6.54 Å². The predicted octanol–water partition coefficient (Wildman–Crippen LogP) is 2.76. The zero-order valence-corrected chi connectivity index (χ0v) is 9.88. The number of benzene rings is 1. The summed E-state index contributed by atoms with van der Waals surface area (Å²) in [5.74, 6) is 0. The summed E-state index contributed by atoms with van der Waals surface area (Å²) in [5.41, 5.74) is 4.96. The number of anilines is 1. The Kier molecular flexibility index (Phi) is 2.51. The van der Waals surface area contributed by atoms with Gasteiger partial charge in [0.05, 0.1) is 28.0 Å². The highest BCUT2D eigenvalue weighted by atomic mass is 32.1. The highest BCUT2D eigenvalue weighted by Gasteiger charge is 2.00. The van der Waals surface area contributed by atoms with E-state index in [1.165, 1.54) is 16.2 Å². The van der Waals surface area contributed by atoms with E-state index in [1.807, 2.05) is 23.0 Å². The first-order chi connectivity index (χ1) is 7.92. The minimum absolute atomic E-state index is 0.709. The molecule has 6 heteroatoms. The van der Waals surface area contributed by atoms with Gasteiger partial charge < -0.3 is 5.32 Å². The Labute approximate surface area is 100 Å². The van der Waals surface area contributed by atoms with Gasteiger partial charge in [0.25, 0.3) is 0 Å². The van der Waals surface area contributed by atoms with E-state index in [1.54, 1.807) is 11.3 Å². The van der Waals surface area contributed by atoms with Crippen molar-refractivity contribution in [2.45, 2.75) is 6.54 Å². The molecule has 0 aliphatic carbocycles. The molecule has 2 heterocycles. The molecule has 3 rings (SSSR count). The van der Waals surface area contributed by atoms with Crippen molar-refractivity contribution >= 4 is 38.8 Å². The van der Waals surface area contributed by atoms with Gasteiger partial charge in [-0.1, -0.05) is 4.49 Å². The fraction of sp³-hybridized carbons (Fsp3) is 0.100. The summed E-state index contributed by atoms with van der Waals surface area (Å²) < 4.78 is 5.02. The topological polar surface area (TPSA) is 50.7 Å². The van der Waals surface area contributed by atoms with E-state index in [0.29, 0.717) is 6.54 Å². The molecule has 4 nitrogen and oxygen atoms in total. The van der Waals surface area contributed by atoms with E-state index in [4.69, 9.17) is 0 Å². The number of aromatic nitrogens is 3. The van der Waals surface area contributed by atoms with Crippen LogP contribution in [0.25, 0.3) is 10.2 Å². The van der Waals surface area contributed by atoms with E-state index < -0.39 is 0 Å². The number of hydrogen-bond donors (Lipinski definition) is 1. The lowest BCUT2D eigenvalue weighted by Gasteiger charge is -2.03. The fourth-order valence-electron chi connectivity index (χ4n) is 1.42. The molecule has 3 aromatic rings. The van der Waals surface area contributed by atoms with Crippen LogP contribution in [0.4, 0.5) is 5.69 Å². The molecule has 80 valence electrons. The third-order valence-corrected chi connectivity index (χ3v) is 3.56. The van der Waals surface area contributed by atoms with Gasteiger partial charge in [0.15, 0.2) is 0 Å². The van der Waals surface area contributed by atoms with Crippen molar-refractivity contribution in [1.82, 2.24) is 14.6 Å². The van der Waals surface area contributed by atoms with E-state index >= 15 is 0 Å². The summed E-state index contributed by atoms with van der Waals surface area (Å²) in [6.07, 6.45) is 0. The van der Waals surface area contributed by atoms with Gasteiger partial charge in [-0.2, -0.15) is 0 Å². The molecule has 0 radical (unpaired) electrons. The Bertz CT molecular complexity index is 588. The molecule has 0 spiro atoms. The molecule has 1 aromatic carbocycles. The Morgan fingerprint density at radius 1 is 1.31 bits per heavy atom. The van der Waals surface area contributed by atoms with Gasteiger partial charge >= 0.3 is 0 Å². The van der Waals surface area contributed by atoms with Crippen LogP contribution in [0, 0.1) is 0 Å². The summed E-state index contributed by atoms with van der Waals surface area (Å²) in [4.78, 5) is 4.24. The Morgan fingerprint density at radius 2 is 2.31 bits per heavy atom. The summed E-state index contributed by atoms with van der Waals surface area (Å²) in [6, 6.07) is 6.15. The van der Waals surface area contributed by atoms with Crippen molar-refractivity contribution in [1.29, 1.82) is 0 Å². The average Bonchev–Trinajstić information content (AvgIpc) is 2.97. The van der Waals surface area contributed by atoms with E-state index in [2.05, 4.69) is 26.0 Å². The molecule has 0 aliphatic heterocycles. The molecular formula is C10H8N4S2. The molecule has 2 aromatic heterocycles. The minimum Gasteiger partial charge on any atom is -0.379 e. The van der Waals surface area contributed by atoms with Gasteiger partial charge in [-0.25, -0.2) is 4.98 Å². The SMILES string of the molecule is c1nc2ccc(NCc3csnn3)cc2s1. The first-order valence-electron chi connectivity index (χ1n) is 4.75. The molecule has 0 saturated heterocycles. The molecule has 0 saturated carbocycles. The lowest BCUT2D eigenvalue weighted by Crippen LogP contribution is -1.99. The van der Waals surface area contributed by atoms with Crippen molar-refractivity contribution < 1.29 is 0 Å². The maximum Gasteiger partial charge on any atom is 0.0946 e. The van der Waals surface area contributed by atoms with Crippen molar-refractivity contribution in [3.05, 3.63) is 34.8 Å². The molecule has 0 bridgehead atoms. The maximum absolute atomic E-state index is 4.24. The largest absolute Gasteiger partial charge is 0.379 e. The maximum atomic E-state index is 4.24. The summed E-state index contributed by atoms with van der Waals surface area (Å²) in [7, 11) is 0.